The summed E-state index contributed by atoms with van der Waals surface area (Å²) < 4.78 is 41.1. The molecule has 0 saturated carbocycles. The summed E-state index contributed by atoms with van der Waals surface area (Å²) in [5.74, 6) is -4.17. The van der Waals surface area contributed by atoms with Crippen molar-refractivity contribution < 1.29 is 22.8 Å². The van der Waals surface area contributed by atoms with Crippen molar-refractivity contribution in [3.05, 3.63) is 99.8 Å². The van der Waals surface area contributed by atoms with Crippen molar-refractivity contribution in [2.45, 2.75) is 6.54 Å². The van der Waals surface area contributed by atoms with Crippen LogP contribution in [0.5, 0.6) is 0 Å². The van der Waals surface area contributed by atoms with Crippen LogP contribution in [0.1, 0.15) is 21.5 Å². The smallest absolute Gasteiger partial charge is 0.254 e. The molecule has 0 aromatic heterocycles. The molecule has 2 amide bonds. The standard InChI is InChI=1S/C23H15ClF3N3O2/c24-18-10-17(8-9-19(18)25)29-21(31)13-30(12-16-2-1-3-20(26)22(16)27)23(32)15-6-4-14(11-28)5-7-15/h1-10H,12-13H2,(H,29,31). The minimum absolute atomic E-state index is 0.121. The Morgan fingerprint density at radius 3 is 2.38 bits per heavy atom. The number of rotatable bonds is 6. The summed E-state index contributed by atoms with van der Waals surface area (Å²) in [6.07, 6.45) is 0. The van der Waals surface area contributed by atoms with E-state index in [0.717, 1.165) is 17.0 Å². The molecule has 0 spiro atoms. The number of hydrogen-bond donors (Lipinski definition) is 1. The summed E-state index contributed by atoms with van der Waals surface area (Å²) in [6.45, 7) is -0.899. The number of benzene rings is 3. The van der Waals surface area contributed by atoms with Gasteiger partial charge in [0.15, 0.2) is 11.6 Å². The molecule has 0 unspecified atom stereocenters. The molecule has 3 aromatic carbocycles. The summed E-state index contributed by atoms with van der Waals surface area (Å²) in [7, 11) is 0. The van der Waals surface area contributed by atoms with E-state index in [1.807, 2.05) is 6.07 Å². The summed E-state index contributed by atoms with van der Waals surface area (Å²) in [5.41, 5.74) is 0.558. The monoisotopic (exact) mass is 457 g/mol. The number of halogens is 4. The number of nitrogens with zero attached hydrogens (tertiary/aromatic N) is 2. The largest absolute Gasteiger partial charge is 0.325 e. The highest BCUT2D eigenvalue weighted by Crippen LogP contribution is 2.20. The van der Waals surface area contributed by atoms with Crippen LogP contribution in [0.15, 0.2) is 60.7 Å². The minimum Gasteiger partial charge on any atom is -0.325 e. The van der Waals surface area contributed by atoms with Gasteiger partial charge in [-0.25, -0.2) is 13.2 Å². The highest BCUT2D eigenvalue weighted by atomic mass is 35.5. The van der Waals surface area contributed by atoms with Crippen LogP contribution in [0.2, 0.25) is 5.02 Å². The first-order valence-electron chi connectivity index (χ1n) is 9.25. The Kier molecular flexibility index (Phi) is 7.13. The van der Waals surface area contributed by atoms with E-state index in [4.69, 9.17) is 16.9 Å². The molecule has 162 valence electrons. The molecule has 5 nitrogen and oxygen atoms in total. The Labute approximate surface area is 186 Å². The quantitative estimate of drug-likeness (QED) is 0.571. The maximum Gasteiger partial charge on any atom is 0.254 e. The van der Waals surface area contributed by atoms with E-state index in [2.05, 4.69) is 5.32 Å². The lowest BCUT2D eigenvalue weighted by Gasteiger charge is -2.23. The molecule has 0 bridgehead atoms. The normalized spacial score (nSPS) is 10.3. The van der Waals surface area contributed by atoms with Crippen LogP contribution in [0.25, 0.3) is 0 Å². The van der Waals surface area contributed by atoms with E-state index in [1.54, 1.807) is 0 Å². The lowest BCUT2D eigenvalue weighted by Crippen LogP contribution is -2.38. The first-order valence-corrected chi connectivity index (χ1v) is 9.63. The predicted molar refractivity (Wildman–Crippen MR) is 112 cm³/mol. The number of carbonyl (C=O) groups is 2. The van der Waals surface area contributed by atoms with Crippen molar-refractivity contribution >= 4 is 29.1 Å². The lowest BCUT2D eigenvalue weighted by molar-refractivity contribution is -0.117. The molecule has 1 N–H and O–H groups in total. The van der Waals surface area contributed by atoms with Gasteiger partial charge >= 0.3 is 0 Å². The number of anilines is 1. The van der Waals surface area contributed by atoms with E-state index in [0.29, 0.717) is 5.56 Å². The molecule has 0 aliphatic rings. The van der Waals surface area contributed by atoms with Crippen LogP contribution in [0.3, 0.4) is 0 Å². The molecule has 3 rings (SSSR count). The topological polar surface area (TPSA) is 73.2 Å². The summed E-state index contributed by atoms with van der Waals surface area (Å²) in [4.78, 5) is 26.6. The second-order valence-electron chi connectivity index (χ2n) is 6.74. The molecule has 32 heavy (non-hydrogen) atoms. The first-order chi connectivity index (χ1) is 15.3. The molecule has 0 radical (unpaired) electrons. The fourth-order valence-corrected chi connectivity index (χ4v) is 3.07. The van der Waals surface area contributed by atoms with Gasteiger partial charge in [-0.1, -0.05) is 23.7 Å². The zero-order chi connectivity index (χ0) is 23.3. The maximum absolute atomic E-state index is 14.2. The Hall–Kier alpha value is -3.83. The Bertz CT molecular complexity index is 1210. The molecule has 3 aromatic rings. The van der Waals surface area contributed by atoms with Gasteiger partial charge in [-0.3, -0.25) is 9.59 Å². The maximum atomic E-state index is 14.2. The van der Waals surface area contributed by atoms with Crippen LogP contribution in [-0.2, 0) is 11.3 Å². The molecule has 0 atom stereocenters. The summed E-state index contributed by atoms with van der Waals surface area (Å²) in [5, 5.41) is 11.2. The van der Waals surface area contributed by atoms with Crippen LogP contribution in [-0.4, -0.2) is 23.3 Å². The number of nitriles is 1. The third-order valence-electron chi connectivity index (χ3n) is 4.48. The van der Waals surface area contributed by atoms with E-state index in [-0.39, 0.29) is 28.4 Å². The van der Waals surface area contributed by atoms with Crippen molar-refractivity contribution in [3.63, 3.8) is 0 Å². The molecule has 9 heteroatoms. The van der Waals surface area contributed by atoms with Crippen molar-refractivity contribution in [2.24, 2.45) is 0 Å². The van der Waals surface area contributed by atoms with Gasteiger partial charge in [-0.2, -0.15) is 5.26 Å². The van der Waals surface area contributed by atoms with Gasteiger partial charge in [0.2, 0.25) is 5.91 Å². The van der Waals surface area contributed by atoms with E-state index < -0.39 is 35.8 Å². The Morgan fingerprint density at radius 2 is 1.72 bits per heavy atom. The average molecular weight is 458 g/mol. The zero-order valence-corrected chi connectivity index (χ0v) is 17.2. The minimum atomic E-state index is -1.13. The third-order valence-corrected chi connectivity index (χ3v) is 4.77. The van der Waals surface area contributed by atoms with Crippen LogP contribution in [0.4, 0.5) is 18.9 Å². The number of amides is 2. The van der Waals surface area contributed by atoms with Gasteiger partial charge in [0.25, 0.3) is 5.91 Å². The first kappa shape index (κ1) is 22.8. The Balaban J connectivity index is 1.85. The highest BCUT2D eigenvalue weighted by molar-refractivity contribution is 6.31. The van der Waals surface area contributed by atoms with Gasteiger partial charge in [0.05, 0.1) is 16.7 Å². The van der Waals surface area contributed by atoms with Gasteiger partial charge in [-0.05, 0) is 48.5 Å². The van der Waals surface area contributed by atoms with Crippen LogP contribution < -0.4 is 5.32 Å². The van der Waals surface area contributed by atoms with E-state index >= 15 is 0 Å². The molecule has 0 fully saturated rings. The third kappa shape index (κ3) is 5.45. The average Bonchev–Trinajstić information content (AvgIpc) is 2.78. The van der Waals surface area contributed by atoms with Gasteiger partial charge in [0, 0.05) is 23.4 Å². The lowest BCUT2D eigenvalue weighted by atomic mass is 10.1. The zero-order valence-electron chi connectivity index (χ0n) is 16.4. The van der Waals surface area contributed by atoms with Gasteiger partial charge in [0.1, 0.15) is 12.4 Å². The predicted octanol–water partition coefficient (Wildman–Crippen LogP) is 4.91. The summed E-state index contributed by atoms with van der Waals surface area (Å²) >= 11 is 5.71. The van der Waals surface area contributed by atoms with Crippen molar-refractivity contribution in [3.8, 4) is 6.07 Å². The Morgan fingerprint density at radius 1 is 1.00 bits per heavy atom. The highest BCUT2D eigenvalue weighted by Gasteiger charge is 2.22. The second-order valence-corrected chi connectivity index (χ2v) is 7.15. The van der Waals surface area contributed by atoms with Gasteiger partial charge < -0.3 is 10.2 Å². The molecular formula is C23H15ClF3N3O2. The fraction of sp³-hybridized carbons (Fsp3) is 0.0870. The van der Waals surface area contributed by atoms with Crippen LogP contribution in [0, 0.1) is 28.8 Å². The summed E-state index contributed by atoms with van der Waals surface area (Å²) in [6, 6.07) is 14.7. The number of nitrogens with one attached hydrogen (secondary N) is 1. The van der Waals surface area contributed by atoms with Crippen molar-refractivity contribution in [2.75, 3.05) is 11.9 Å². The van der Waals surface area contributed by atoms with E-state index in [9.17, 15) is 22.8 Å². The molecular weight excluding hydrogens is 443 g/mol. The molecule has 0 aliphatic heterocycles. The van der Waals surface area contributed by atoms with Crippen molar-refractivity contribution in [1.29, 1.82) is 5.26 Å². The SMILES string of the molecule is N#Cc1ccc(C(=O)N(CC(=O)Nc2ccc(F)c(Cl)c2)Cc2cccc(F)c2F)cc1. The van der Waals surface area contributed by atoms with Crippen molar-refractivity contribution in [1.82, 2.24) is 4.90 Å². The molecule has 0 aliphatic carbocycles. The van der Waals surface area contributed by atoms with Crippen LogP contribution >= 0.6 is 11.6 Å². The van der Waals surface area contributed by atoms with Gasteiger partial charge in [-0.15, -0.1) is 0 Å². The number of hydrogen-bond acceptors (Lipinski definition) is 3. The fourth-order valence-electron chi connectivity index (χ4n) is 2.89. The molecule has 0 saturated heterocycles. The second kappa shape index (κ2) is 9.98. The van der Waals surface area contributed by atoms with E-state index in [1.165, 1.54) is 48.5 Å². The number of carbonyl (C=O) groups excluding carboxylic acids is 2. The molecule has 0 heterocycles.